The summed E-state index contributed by atoms with van der Waals surface area (Å²) in [5, 5.41) is 0. The van der Waals surface area contributed by atoms with Crippen LogP contribution in [0.1, 0.15) is 44.9 Å². The van der Waals surface area contributed by atoms with Crippen molar-refractivity contribution in [1.29, 1.82) is 0 Å². The van der Waals surface area contributed by atoms with Crippen LogP contribution in [0.4, 0.5) is 0 Å². The second-order valence-electron chi connectivity index (χ2n) is 5.96. The molecule has 29 heavy (non-hydrogen) atoms. The SMILES string of the molecule is C=C.C=C/C(=C\C=C/C)c1nc(C(/C=C\C)=C/C)nc(-c2cccc(CC)c2)n1. The van der Waals surface area contributed by atoms with Gasteiger partial charge in [0.1, 0.15) is 0 Å². The van der Waals surface area contributed by atoms with E-state index in [-0.39, 0.29) is 0 Å². The summed E-state index contributed by atoms with van der Waals surface area (Å²) in [4.78, 5) is 14.2. The molecule has 0 fully saturated rings. The standard InChI is InChI=1S/C24H27N3.C2H4/c1-6-11-15-20(10-5)23-25-22(19(9-4)13-7-2)26-24(27-23)21-16-12-14-18(8-3)17-21;1-2/h6-7,9-17H,5,8H2,1-4H3;1-2H2/b11-6-,13-7-,19-9+,20-15+;. The van der Waals surface area contributed by atoms with Crippen LogP contribution in [-0.2, 0) is 6.42 Å². The Morgan fingerprint density at radius 2 is 1.66 bits per heavy atom. The molecule has 0 spiro atoms. The molecule has 0 N–H and O–H groups in total. The first-order valence-corrected chi connectivity index (χ1v) is 9.77. The Hall–Kier alpha value is -3.33. The van der Waals surface area contributed by atoms with Crippen LogP contribution in [0.15, 0.2) is 86.5 Å². The number of aromatic nitrogens is 3. The molecule has 0 aliphatic carbocycles. The molecule has 0 saturated carbocycles. The van der Waals surface area contributed by atoms with Crippen LogP contribution in [0.25, 0.3) is 22.5 Å². The number of nitrogens with zero attached hydrogens (tertiary/aromatic N) is 3. The van der Waals surface area contributed by atoms with Crippen molar-refractivity contribution in [1.82, 2.24) is 15.0 Å². The molecule has 3 heteroatoms. The number of aryl methyl sites for hydroxylation is 1. The molecular weight excluding hydrogens is 354 g/mol. The molecule has 0 amide bonds. The van der Waals surface area contributed by atoms with Crippen LogP contribution in [0.2, 0.25) is 0 Å². The summed E-state index contributed by atoms with van der Waals surface area (Å²) in [6.45, 7) is 18.0. The third-order valence-corrected chi connectivity index (χ3v) is 4.09. The quantitative estimate of drug-likeness (QED) is 0.379. The van der Waals surface area contributed by atoms with E-state index < -0.39 is 0 Å². The smallest absolute Gasteiger partial charge is 0.164 e. The van der Waals surface area contributed by atoms with Gasteiger partial charge in [-0.1, -0.05) is 74.2 Å². The first-order chi connectivity index (χ1) is 14.2. The molecule has 2 aromatic rings. The van der Waals surface area contributed by atoms with Crippen molar-refractivity contribution in [2.45, 2.75) is 34.1 Å². The van der Waals surface area contributed by atoms with Gasteiger partial charge in [0.25, 0.3) is 0 Å². The lowest BCUT2D eigenvalue weighted by molar-refractivity contribution is 1.00. The molecule has 1 aromatic carbocycles. The molecular formula is C26H31N3. The van der Waals surface area contributed by atoms with Crippen molar-refractivity contribution < 1.29 is 0 Å². The van der Waals surface area contributed by atoms with E-state index in [9.17, 15) is 0 Å². The van der Waals surface area contributed by atoms with E-state index in [1.165, 1.54) is 5.56 Å². The Labute approximate surface area is 175 Å². The average Bonchev–Trinajstić information content (AvgIpc) is 2.79. The third kappa shape index (κ3) is 6.65. The maximum atomic E-state index is 4.74. The third-order valence-electron chi connectivity index (χ3n) is 4.09. The molecule has 0 saturated heterocycles. The number of rotatable bonds is 7. The first kappa shape index (κ1) is 23.7. The van der Waals surface area contributed by atoms with Crippen LogP contribution in [-0.4, -0.2) is 15.0 Å². The van der Waals surface area contributed by atoms with Crippen molar-refractivity contribution in [3.63, 3.8) is 0 Å². The molecule has 1 heterocycles. The predicted octanol–water partition coefficient (Wildman–Crippen LogP) is 7.03. The Morgan fingerprint density at radius 3 is 2.21 bits per heavy atom. The fraction of sp³-hybridized carbons (Fsp3) is 0.192. The molecule has 3 nitrogen and oxygen atoms in total. The van der Waals surface area contributed by atoms with Crippen LogP contribution in [0.5, 0.6) is 0 Å². The highest BCUT2D eigenvalue weighted by Crippen LogP contribution is 2.23. The molecule has 0 aliphatic heterocycles. The number of hydrogen-bond donors (Lipinski definition) is 0. The van der Waals surface area contributed by atoms with E-state index in [1.54, 1.807) is 6.08 Å². The largest absolute Gasteiger partial charge is 0.208 e. The second kappa shape index (κ2) is 12.9. The zero-order chi connectivity index (χ0) is 21.6. The molecule has 0 unspecified atom stereocenters. The zero-order valence-electron chi connectivity index (χ0n) is 18.0. The van der Waals surface area contributed by atoms with Gasteiger partial charge in [-0.25, -0.2) is 15.0 Å². The highest BCUT2D eigenvalue weighted by atomic mass is 15.0. The van der Waals surface area contributed by atoms with E-state index in [1.807, 2.05) is 69.4 Å². The van der Waals surface area contributed by atoms with Crippen LogP contribution < -0.4 is 0 Å². The lowest BCUT2D eigenvalue weighted by Gasteiger charge is -2.09. The molecule has 0 atom stereocenters. The highest BCUT2D eigenvalue weighted by molar-refractivity contribution is 5.75. The molecule has 0 bridgehead atoms. The Bertz CT molecular complexity index is 931. The first-order valence-electron chi connectivity index (χ1n) is 9.77. The minimum Gasteiger partial charge on any atom is -0.208 e. The van der Waals surface area contributed by atoms with Crippen LogP contribution in [0.3, 0.4) is 0 Å². The molecule has 2 rings (SSSR count). The molecule has 1 aromatic heterocycles. The Morgan fingerprint density at radius 1 is 0.966 bits per heavy atom. The van der Waals surface area contributed by atoms with Gasteiger partial charge in [-0.3, -0.25) is 0 Å². The predicted molar refractivity (Wildman–Crippen MR) is 127 cm³/mol. The fourth-order valence-electron chi connectivity index (χ4n) is 2.61. The number of allylic oxidation sites excluding steroid dienone is 9. The summed E-state index contributed by atoms with van der Waals surface area (Å²) in [7, 11) is 0. The van der Waals surface area contributed by atoms with Crippen molar-refractivity contribution in [2.75, 3.05) is 0 Å². The average molecular weight is 386 g/mol. The summed E-state index contributed by atoms with van der Waals surface area (Å²) < 4.78 is 0. The van der Waals surface area contributed by atoms with Gasteiger partial charge in [-0.15, -0.1) is 13.2 Å². The molecule has 0 aliphatic rings. The van der Waals surface area contributed by atoms with Crippen molar-refractivity contribution >= 4 is 11.1 Å². The minimum atomic E-state index is 0.619. The van der Waals surface area contributed by atoms with Gasteiger partial charge in [-0.05, 0) is 38.8 Å². The van der Waals surface area contributed by atoms with Gasteiger partial charge >= 0.3 is 0 Å². The number of hydrogen-bond acceptors (Lipinski definition) is 3. The van der Waals surface area contributed by atoms with Gasteiger partial charge in [0.15, 0.2) is 17.5 Å². The van der Waals surface area contributed by atoms with Crippen molar-refractivity contribution in [3.8, 4) is 11.4 Å². The van der Waals surface area contributed by atoms with E-state index in [2.05, 4.69) is 38.8 Å². The van der Waals surface area contributed by atoms with Gasteiger partial charge < -0.3 is 0 Å². The lowest BCUT2D eigenvalue weighted by atomic mass is 10.1. The summed E-state index contributed by atoms with van der Waals surface area (Å²) >= 11 is 0. The normalized spacial score (nSPS) is 12.1. The van der Waals surface area contributed by atoms with E-state index in [4.69, 9.17) is 15.0 Å². The monoisotopic (exact) mass is 385 g/mol. The van der Waals surface area contributed by atoms with Gasteiger partial charge in [0.05, 0.1) is 0 Å². The van der Waals surface area contributed by atoms with E-state index in [0.29, 0.717) is 17.5 Å². The summed E-state index contributed by atoms with van der Waals surface area (Å²) in [5.41, 5.74) is 4.07. The van der Waals surface area contributed by atoms with Crippen molar-refractivity contribution in [2.24, 2.45) is 0 Å². The zero-order valence-corrected chi connectivity index (χ0v) is 18.0. The van der Waals surface area contributed by atoms with Gasteiger partial charge in [0, 0.05) is 16.7 Å². The van der Waals surface area contributed by atoms with E-state index in [0.717, 1.165) is 23.1 Å². The maximum absolute atomic E-state index is 4.74. The van der Waals surface area contributed by atoms with Crippen LogP contribution in [0, 0.1) is 0 Å². The number of benzene rings is 1. The maximum Gasteiger partial charge on any atom is 0.164 e. The summed E-state index contributed by atoms with van der Waals surface area (Å²) in [6.07, 6.45) is 14.6. The van der Waals surface area contributed by atoms with E-state index >= 15 is 0 Å². The van der Waals surface area contributed by atoms with Gasteiger partial charge in [-0.2, -0.15) is 0 Å². The Balaban J connectivity index is 0.00000204. The van der Waals surface area contributed by atoms with Gasteiger partial charge in [0.2, 0.25) is 0 Å². The second-order valence-corrected chi connectivity index (χ2v) is 5.96. The van der Waals surface area contributed by atoms with Crippen LogP contribution >= 0.6 is 0 Å². The molecule has 0 radical (unpaired) electrons. The summed E-state index contributed by atoms with van der Waals surface area (Å²) in [5.74, 6) is 1.95. The topological polar surface area (TPSA) is 38.7 Å². The fourth-order valence-corrected chi connectivity index (χ4v) is 2.61. The van der Waals surface area contributed by atoms with Crippen molar-refractivity contribution in [3.05, 3.63) is 104 Å². The Kier molecular flexibility index (Phi) is 10.6. The minimum absolute atomic E-state index is 0.619. The molecule has 150 valence electrons. The summed E-state index contributed by atoms with van der Waals surface area (Å²) in [6, 6.07) is 8.34. The lowest BCUT2D eigenvalue weighted by Crippen LogP contribution is -2.04. The highest BCUT2D eigenvalue weighted by Gasteiger charge is 2.12.